The number of nitrogens with two attached hydrogens (primary N) is 1. The molecule has 4 N–H and O–H groups in total. The van der Waals surface area contributed by atoms with Crippen LogP contribution in [0.3, 0.4) is 0 Å². The molecule has 3 unspecified atom stereocenters. The van der Waals surface area contributed by atoms with Crippen molar-refractivity contribution in [1.29, 1.82) is 0 Å². The van der Waals surface area contributed by atoms with Gasteiger partial charge in [-0.15, -0.1) is 0 Å². The van der Waals surface area contributed by atoms with E-state index in [0.29, 0.717) is 13.0 Å². The fraction of sp³-hybridized carbons (Fsp3) is 0.875. The maximum atomic E-state index is 12.2. The van der Waals surface area contributed by atoms with Gasteiger partial charge in [0.15, 0.2) is 0 Å². The van der Waals surface area contributed by atoms with Gasteiger partial charge in [0.25, 0.3) is 0 Å². The molecule has 0 aliphatic carbocycles. The smallest absolute Gasteiger partial charge is 0.306 e. The van der Waals surface area contributed by atoms with Crippen molar-refractivity contribution in [2.75, 3.05) is 6.54 Å². The van der Waals surface area contributed by atoms with Crippen LogP contribution in [0.25, 0.3) is 0 Å². The Balaban J connectivity index is 4.15. The van der Waals surface area contributed by atoms with Crippen molar-refractivity contribution >= 4 is 11.9 Å². The van der Waals surface area contributed by atoms with E-state index in [9.17, 15) is 9.59 Å². The summed E-state index contributed by atoms with van der Waals surface area (Å²) in [5.41, 5.74) is 5.77. The van der Waals surface area contributed by atoms with Crippen LogP contribution < -0.4 is 11.1 Å². The van der Waals surface area contributed by atoms with E-state index < -0.39 is 5.97 Å². The molecule has 5 heteroatoms. The zero-order valence-corrected chi connectivity index (χ0v) is 14.1. The largest absolute Gasteiger partial charge is 0.481 e. The summed E-state index contributed by atoms with van der Waals surface area (Å²) in [6.07, 6.45) is 2.98. The number of aliphatic carboxylic acids is 1. The first kappa shape index (κ1) is 19.9. The molecule has 0 rings (SSSR count). The molecule has 0 aromatic heterocycles. The summed E-state index contributed by atoms with van der Waals surface area (Å²) < 4.78 is 0. The van der Waals surface area contributed by atoms with Gasteiger partial charge in [0.2, 0.25) is 5.91 Å². The van der Waals surface area contributed by atoms with E-state index in [1.165, 1.54) is 0 Å². The van der Waals surface area contributed by atoms with Crippen LogP contribution in [0.2, 0.25) is 0 Å². The van der Waals surface area contributed by atoms with E-state index in [1.807, 2.05) is 6.92 Å². The Bertz CT molecular complexity index is 337. The van der Waals surface area contributed by atoms with Crippen LogP contribution in [0.5, 0.6) is 0 Å². The highest BCUT2D eigenvalue weighted by Crippen LogP contribution is 2.24. The van der Waals surface area contributed by atoms with Gasteiger partial charge in [0, 0.05) is 12.6 Å². The summed E-state index contributed by atoms with van der Waals surface area (Å²) in [5.74, 6) is -1.25. The molecule has 1 amide bonds. The lowest BCUT2D eigenvalue weighted by molar-refractivity contribution is -0.141. The van der Waals surface area contributed by atoms with Crippen molar-refractivity contribution < 1.29 is 14.7 Å². The first-order valence-corrected chi connectivity index (χ1v) is 7.80. The molecule has 0 aliphatic rings. The lowest BCUT2D eigenvalue weighted by Crippen LogP contribution is -2.41. The minimum Gasteiger partial charge on any atom is -0.481 e. The Hall–Kier alpha value is -1.10. The summed E-state index contributed by atoms with van der Waals surface area (Å²) in [7, 11) is 0. The molecule has 0 saturated heterocycles. The number of carboxylic acid groups (broad SMARTS) is 1. The molecule has 124 valence electrons. The van der Waals surface area contributed by atoms with Crippen LogP contribution in [0, 0.1) is 17.3 Å². The molecule has 0 radical (unpaired) electrons. The molecule has 0 spiro atoms. The quantitative estimate of drug-likeness (QED) is 0.609. The van der Waals surface area contributed by atoms with Crippen LogP contribution in [0.4, 0.5) is 0 Å². The number of hydrogen-bond acceptors (Lipinski definition) is 3. The van der Waals surface area contributed by atoms with Gasteiger partial charge in [-0.05, 0) is 31.6 Å². The minimum absolute atomic E-state index is 0.00575. The first-order valence-electron chi connectivity index (χ1n) is 7.80. The number of rotatable bonds is 9. The highest BCUT2D eigenvalue weighted by atomic mass is 16.4. The Kier molecular flexibility index (Phi) is 8.55. The second-order valence-electron chi connectivity index (χ2n) is 7.28. The van der Waals surface area contributed by atoms with Crippen LogP contribution in [0.15, 0.2) is 0 Å². The third-order valence-corrected chi connectivity index (χ3v) is 3.60. The number of carbonyl (C=O) groups is 2. The van der Waals surface area contributed by atoms with Gasteiger partial charge in [-0.25, -0.2) is 0 Å². The lowest BCUT2D eigenvalue weighted by atomic mass is 9.84. The topological polar surface area (TPSA) is 92.4 Å². The van der Waals surface area contributed by atoms with Gasteiger partial charge < -0.3 is 16.2 Å². The summed E-state index contributed by atoms with van der Waals surface area (Å²) in [6, 6.07) is 0.0486. The lowest BCUT2D eigenvalue weighted by Gasteiger charge is -2.25. The third-order valence-electron chi connectivity index (χ3n) is 3.60. The average molecular weight is 300 g/mol. The maximum Gasteiger partial charge on any atom is 0.306 e. The monoisotopic (exact) mass is 300 g/mol. The zero-order chi connectivity index (χ0) is 16.6. The summed E-state index contributed by atoms with van der Waals surface area (Å²) >= 11 is 0. The Morgan fingerprint density at radius 3 is 2.19 bits per heavy atom. The molecule has 21 heavy (non-hydrogen) atoms. The van der Waals surface area contributed by atoms with Gasteiger partial charge in [-0.1, -0.05) is 34.1 Å². The molecule has 0 saturated carbocycles. The predicted octanol–water partition coefficient (Wildman–Crippen LogP) is 2.39. The maximum absolute atomic E-state index is 12.2. The molecule has 3 atom stereocenters. The van der Waals surface area contributed by atoms with E-state index in [4.69, 9.17) is 10.8 Å². The molecule has 0 aromatic rings. The second kappa shape index (κ2) is 9.03. The van der Waals surface area contributed by atoms with Crippen molar-refractivity contribution in [2.45, 2.75) is 66.3 Å². The van der Waals surface area contributed by atoms with Crippen molar-refractivity contribution in [3.8, 4) is 0 Å². The SMILES string of the molecule is CC(CCCC(C)C(=O)O)NC(=O)C(CN)CC(C)(C)C. The van der Waals surface area contributed by atoms with E-state index in [0.717, 1.165) is 19.3 Å². The molecule has 5 nitrogen and oxygen atoms in total. The zero-order valence-electron chi connectivity index (χ0n) is 14.1. The Labute approximate surface area is 128 Å². The van der Waals surface area contributed by atoms with E-state index in [2.05, 4.69) is 26.1 Å². The average Bonchev–Trinajstić information content (AvgIpc) is 2.34. The van der Waals surface area contributed by atoms with E-state index >= 15 is 0 Å². The van der Waals surface area contributed by atoms with Crippen molar-refractivity contribution in [3.05, 3.63) is 0 Å². The molecular weight excluding hydrogens is 268 g/mol. The standard InChI is InChI=1S/C16H32N2O3/c1-11(15(20)21)7-6-8-12(2)18-14(19)13(10-17)9-16(3,4)5/h11-13H,6-10,17H2,1-5H3,(H,18,19)(H,20,21). The van der Waals surface area contributed by atoms with Crippen molar-refractivity contribution in [1.82, 2.24) is 5.32 Å². The molecule has 0 heterocycles. The number of carbonyl (C=O) groups excluding carboxylic acids is 1. The fourth-order valence-electron chi connectivity index (χ4n) is 2.31. The van der Waals surface area contributed by atoms with Crippen LogP contribution in [-0.4, -0.2) is 29.6 Å². The molecule has 0 bridgehead atoms. The fourth-order valence-corrected chi connectivity index (χ4v) is 2.31. The summed E-state index contributed by atoms with van der Waals surface area (Å²) in [5, 5.41) is 11.8. The van der Waals surface area contributed by atoms with Crippen molar-refractivity contribution in [2.24, 2.45) is 23.0 Å². The van der Waals surface area contributed by atoms with Gasteiger partial charge in [0.05, 0.1) is 11.8 Å². The molecular formula is C16H32N2O3. The van der Waals surface area contributed by atoms with Crippen molar-refractivity contribution in [3.63, 3.8) is 0 Å². The third kappa shape index (κ3) is 9.45. The van der Waals surface area contributed by atoms with Crippen LogP contribution in [-0.2, 0) is 9.59 Å². The van der Waals surface area contributed by atoms with Gasteiger partial charge in [-0.2, -0.15) is 0 Å². The van der Waals surface area contributed by atoms with Crippen LogP contribution in [0.1, 0.15) is 60.3 Å². The highest BCUT2D eigenvalue weighted by Gasteiger charge is 2.24. The van der Waals surface area contributed by atoms with Gasteiger partial charge in [-0.3, -0.25) is 9.59 Å². The van der Waals surface area contributed by atoms with E-state index in [1.54, 1.807) is 6.92 Å². The van der Waals surface area contributed by atoms with Gasteiger partial charge in [0.1, 0.15) is 0 Å². The second-order valence-corrected chi connectivity index (χ2v) is 7.28. The minimum atomic E-state index is -0.764. The Morgan fingerprint density at radius 1 is 1.19 bits per heavy atom. The number of nitrogens with one attached hydrogen (secondary N) is 1. The highest BCUT2D eigenvalue weighted by molar-refractivity contribution is 5.79. The first-order chi connectivity index (χ1) is 9.56. The Morgan fingerprint density at radius 2 is 1.76 bits per heavy atom. The van der Waals surface area contributed by atoms with Crippen LogP contribution >= 0.6 is 0 Å². The molecule has 0 aliphatic heterocycles. The summed E-state index contributed by atoms with van der Waals surface area (Å²) in [4.78, 5) is 22.9. The number of amides is 1. The normalized spacial score (nSPS) is 16.1. The molecule has 0 fully saturated rings. The summed E-state index contributed by atoms with van der Waals surface area (Å²) in [6.45, 7) is 10.3. The number of carboxylic acids is 1. The number of hydrogen-bond donors (Lipinski definition) is 3. The van der Waals surface area contributed by atoms with Gasteiger partial charge >= 0.3 is 5.97 Å². The molecule has 0 aromatic carbocycles. The van der Waals surface area contributed by atoms with E-state index in [-0.39, 0.29) is 29.2 Å². The predicted molar refractivity (Wildman–Crippen MR) is 84.9 cm³/mol.